The first-order chi connectivity index (χ1) is 8.52. The summed E-state index contributed by atoms with van der Waals surface area (Å²) in [6, 6.07) is 0. The summed E-state index contributed by atoms with van der Waals surface area (Å²) in [5.74, 6) is 0.00546. The molecule has 2 atom stereocenters. The highest BCUT2D eigenvalue weighted by molar-refractivity contribution is 5.84. The molecule has 1 heterocycles. The molecule has 1 aliphatic heterocycles. The molecule has 2 N–H and O–H groups in total. The van der Waals surface area contributed by atoms with Crippen LogP contribution < -0.4 is 10.6 Å². The Kier molecular flexibility index (Phi) is 5.60. The number of ether oxygens (including phenoxy) is 1. The minimum atomic E-state index is -0.697. The summed E-state index contributed by atoms with van der Waals surface area (Å²) in [6.07, 6.45) is 4.16. The normalized spacial score (nSPS) is 27.6. The lowest BCUT2D eigenvalue weighted by Crippen LogP contribution is -2.52. The number of amides is 1. The van der Waals surface area contributed by atoms with Crippen molar-refractivity contribution in [3.05, 3.63) is 0 Å². The first-order valence-electron chi connectivity index (χ1n) is 7.06. The topological polar surface area (TPSA) is 50.4 Å². The first kappa shape index (κ1) is 15.4. The molecule has 0 aliphatic carbocycles. The highest BCUT2D eigenvalue weighted by Gasteiger charge is 2.35. The predicted molar refractivity (Wildman–Crippen MR) is 73.5 cm³/mol. The maximum atomic E-state index is 12.2. The second-order valence-electron chi connectivity index (χ2n) is 5.61. The average molecular weight is 256 g/mol. The van der Waals surface area contributed by atoms with Crippen molar-refractivity contribution in [2.24, 2.45) is 5.41 Å². The number of carbonyl (C=O) groups excluding carboxylic acids is 1. The minimum Gasteiger partial charge on any atom is -0.369 e. The van der Waals surface area contributed by atoms with Crippen LogP contribution in [-0.4, -0.2) is 38.3 Å². The maximum absolute atomic E-state index is 12.2. The molecule has 0 aromatic rings. The Morgan fingerprint density at radius 1 is 1.50 bits per heavy atom. The minimum absolute atomic E-state index is 0.00546. The van der Waals surface area contributed by atoms with Gasteiger partial charge in [-0.3, -0.25) is 4.79 Å². The molecule has 1 fully saturated rings. The zero-order valence-corrected chi connectivity index (χ0v) is 12.3. The van der Waals surface area contributed by atoms with Gasteiger partial charge in [-0.05, 0) is 44.6 Å². The second-order valence-corrected chi connectivity index (χ2v) is 5.61. The molecule has 106 valence electrons. The molecular weight excluding hydrogens is 228 g/mol. The lowest BCUT2D eigenvalue weighted by atomic mass is 9.78. The Hall–Kier alpha value is -0.610. The van der Waals surface area contributed by atoms with Crippen LogP contribution in [0.25, 0.3) is 0 Å². The fourth-order valence-corrected chi connectivity index (χ4v) is 2.46. The number of piperidine rings is 1. The van der Waals surface area contributed by atoms with Gasteiger partial charge in [-0.2, -0.15) is 0 Å². The van der Waals surface area contributed by atoms with E-state index in [0.717, 1.165) is 26.1 Å². The summed E-state index contributed by atoms with van der Waals surface area (Å²) >= 11 is 0. The maximum Gasteiger partial charge on any atom is 0.251 e. The number of nitrogens with one attached hydrogen (secondary N) is 2. The standard InChI is InChI=1S/C14H28N2O2/c1-5-13(3,18-4)12(17)16-11-14(6-2)8-7-9-15-10-14/h15H,5-11H2,1-4H3,(H,16,17). The van der Waals surface area contributed by atoms with Crippen molar-refractivity contribution in [1.29, 1.82) is 0 Å². The summed E-state index contributed by atoms with van der Waals surface area (Å²) < 4.78 is 5.33. The van der Waals surface area contributed by atoms with Crippen LogP contribution in [0, 0.1) is 5.41 Å². The van der Waals surface area contributed by atoms with Crippen LogP contribution >= 0.6 is 0 Å². The molecule has 2 unspecified atom stereocenters. The van der Waals surface area contributed by atoms with Gasteiger partial charge < -0.3 is 15.4 Å². The predicted octanol–water partition coefficient (Wildman–Crippen LogP) is 1.70. The summed E-state index contributed by atoms with van der Waals surface area (Å²) in [5, 5.41) is 6.52. The van der Waals surface area contributed by atoms with Gasteiger partial charge in [0.15, 0.2) is 0 Å². The van der Waals surface area contributed by atoms with Gasteiger partial charge in [0.1, 0.15) is 5.60 Å². The highest BCUT2D eigenvalue weighted by atomic mass is 16.5. The molecule has 0 saturated carbocycles. The Balaban J connectivity index is 2.55. The van der Waals surface area contributed by atoms with Gasteiger partial charge >= 0.3 is 0 Å². The zero-order valence-electron chi connectivity index (χ0n) is 12.3. The van der Waals surface area contributed by atoms with Crippen molar-refractivity contribution in [3.8, 4) is 0 Å². The van der Waals surface area contributed by atoms with Crippen LogP contribution in [0.2, 0.25) is 0 Å². The third-order valence-corrected chi connectivity index (χ3v) is 4.54. The quantitative estimate of drug-likeness (QED) is 0.760. The van der Waals surface area contributed by atoms with E-state index < -0.39 is 5.60 Å². The molecule has 0 aromatic carbocycles. The van der Waals surface area contributed by atoms with E-state index in [4.69, 9.17) is 4.74 Å². The molecule has 1 rings (SSSR count). The molecular formula is C14H28N2O2. The summed E-state index contributed by atoms with van der Waals surface area (Å²) in [4.78, 5) is 12.2. The molecule has 0 radical (unpaired) electrons. The lowest BCUT2D eigenvalue weighted by molar-refractivity contribution is -0.142. The van der Waals surface area contributed by atoms with Crippen molar-refractivity contribution < 1.29 is 9.53 Å². The molecule has 1 amide bonds. The zero-order chi connectivity index (χ0) is 13.6. The fourth-order valence-electron chi connectivity index (χ4n) is 2.46. The number of hydrogen-bond donors (Lipinski definition) is 2. The van der Waals surface area contributed by atoms with Gasteiger partial charge in [0.05, 0.1) is 0 Å². The Labute approximate surface area is 111 Å². The summed E-state index contributed by atoms with van der Waals surface area (Å²) in [5.41, 5.74) is -0.479. The van der Waals surface area contributed by atoms with E-state index in [0.29, 0.717) is 6.42 Å². The lowest BCUT2D eigenvalue weighted by Gasteiger charge is -2.38. The van der Waals surface area contributed by atoms with Crippen LogP contribution in [0.4, 0.5) is 0 Å². The van der Waals surface area contributed by atoms with E-state index in [9.17, 15) is 4.79 Å². The van der Waals surface area contributed by atoms with E-state index in [-0.39, 0.29) is 11.3 Å². The van der Waals surface area contributed by atoms with E-state index in [2.05, 4.69) is 17.6 Å². The molecule has 0 spiro atoms. The van der Waals surface area contributed by atoms with Crippen LogP contribution in [0.1, 0.15) is 46.5 Å². The molecule has 4 heteroatoms. The molecule has 1 saturated heterocycles. The monoisotopic (exact) mass is 256 g/mol. The van der Waals surface area contributed by atoms with E-state index in [1.165, 1.54) is 12.8 Å². The Morgan fingerprint density at radius 3 is 2.67 bits per heavy atom. The third kappa shape index (κ3) is 3.45. The van der Waals surface area contributed by atoms with Crippen LogP contribution in [-0.2, 0) is 9.53 Å². The number of methoxy groups -OCH3 is 1. The molecule has 4 nitrogen and oxygen atoms in total. The van der Waals surface area contributed by atoms with Crippen LogP contribution in [0.5, 0.6) is 0 Å². The highest BCUT2D eigenvalue weighted by Crippen LogP contribution is 2.29. The van der Waals surface area contributed by atoms with Crippen molar-refractivity contribution in [3.63, 3.8) is 0 Å². The number of carbonyl (C=O) groups is 1. The second kappa shape index (κ2) is 6.53. The van der Waals surface area contributed by atoms with Crippen LogP contribution in [0.15, 0.2) is 0 Å². The molecule has 0 aromatic heterocycles. The van der Waals surface area contributed by atoms with E-state index in [1.807, 2.05) is 13.8 Å². The van der Waals surface area contributed by atoms with Crippen LogP contribution in [0.3, 0.4) is 0 Å². The molecule has 0 bridgehead atoms. The van der Waals surface area contributed by atoms with Gasteiger partial charge in [-0.25, -0.2) is 0 Å². The number of rotatable bonds is 6. The Bertz CT molecular complexity index is 269. The van der Waals surface area contributed by atoms with E-state index in [1.54, 1.807) is 7.11 Å². The first-order valence-corrected chi connectivity index (χ1v) is 7.06. The smallest absolute Gasteiger partial charge is 0.251 e. The third-order valence-electron chi connectivity index (χ3n) is 4.54. The average Bonchev–Trinajstić information content (AvgIpc) is 2.44. The molecule has 1 aliphatic rings. The van der Waals surface area contributed by atoms with Gasteiger partial charge in [-0.1, -0.05) is 13.8 Å². The van der Waals surface area contributed by atoms with Gasteiger partial charge in [0, 0.05) is 20.2 Å². The summed E-state index contributed by atoms with van der Waals surface area (Å²) in [7, 11) is 1.60. The Morgan fingerprint density at radius 2 is 2.22 bits per heavy atom. The SMILES string of the molecule is CCC1(CNC(=O)C(C)(CC)OC)CCCNC1. The van der Waals surface area contributed by atoms with Crippen molar-refractivity contribution >= 4 is 5.91 Å². The van der Waals surface area contributed by atoms with Crippen molar-refractivity contribution in [1.82, 2.24) is 10.6 Å². The molecule has 18 heavy (non-hydrogen) atoms. The van der Waals surface area contributed by atoms with E-state index >= 15 is 0 Å². The van der Waals surface area contributed by atoms with Gasteiger partial charge in [0.2, 0.25) is 0 Å². The van der Waals surface area contributed by atoms with Gasteiger partial charge in [-0.15, -0.1) is 0 Å². The largest absolute Gasteiger partial charge is 0.369 e. The number of hydrogen-bond acceptors (Lipinski definition) is 3. The van der Waals surface area contributed by atoms with Crippen molar-refractivity contribution in [2.75, 3.05) is 26.7 Å². The van der Waals surface area contributed by atoms with Gasteiger partial charge in [0.25, 0.3) is 5.91 Å². The van der Waals surface area contributed by atoms with Crippen molar-refractivity contribution in [2.45, 2.75) is 52.1 Å². The fraction of sp³-hybridized carbons (Fsp3) is 0.929. The summed E-state index contributed by atoms with van der Waals surface area (Å²) in [6.45, 7) is 8.86.